The minimum Gasteiger partial charge on any atom is -0.493 e. The zero-order valence-electron chi connectivity index (χ0n) is 11.9. The molecule has 0 atom stereocenters. The average molecular weight is 285 g/mol. The first-order valence-electron chi connectivity index (χ1n) is 6.63. The molecular weight excluding hydrogens is 262 g/mol. The molecule has 0 fully saturated rings. The first-order valence-corrected chi connectivity index (χ1v) is 8.17. The topological polar surface area (TPSA) is 69.4 Å². The third-order valence-corrected chi connectivity index (χ3v) is 4.09. The largest absolute Gasteiger partial charge is 0.493 e. The summed E-state index contributed by atoms with van der Waals surface area (Å²) in [6, 6.07) is 3.32. The van der Waals surface area contributed by atoms with Crippen LogP contribution in [0, 0.1) is 13.8 Å². The highest BCUT2D eigenvalue weighted by Crippen LogP contribution is 2.25. The third-order valence-electron chi connectivity index (χ3n) is 3.03. The van der Waals surface area contributed by atoms with Gasteiger partial charge in [0.25, 0.3) is 0 Å². The molecule has 0 spiro atoms. The lowest BCUT2D eigenvalue weighted by Gasteiger charge is -2.12. The molecule has 5 heteroatoms. The molecule has 1 aromatic carbocycles. The maximum Gasteiger partial charge on any atom is 0.238 e. The average Bonchev–Trinajstić information content (AvgIpc) is 2.31. The van der Waals surface area contributed by atoms with Gasteiger partial charge < -0.3 is 4.74 Å². The molecule has 19 heavy (non-hydrogen) atoms. The number of benzene rings is 1. The number of hydrogen-bond donors (Lipinski definition) is 1. The molecule has 0 bridgehead atoms. The van der Waals surface area contributed by atoms with Crippen molar-refractivity contribution in [1.82, 2.24) is 0 Å². The quantitative estimate of drug-likeness (QED) is 0.783. The lowest BCUT2D eigenvalue weighted by molar-refractivity contribution is 0.302. The van der Waals surface area contributed by atoms with Crippen LogP contribution in [0.2, 0.25) is 0 Å². The summed E-state index contributed by atoms with van der Waals surface area (Å²) in [5.41, 5.74) is 1.42. The van der Waals surface area contributed by atoms with Crippen LogP contribution in [-0.2, 0) is 10.0 Å². The number of hydrogen-bond acceptors (Lipinski definition) is 3. The molecule has 0 aliphatic heterocycles. The van der Waals surface area contributed by atoms with Gasteiger partial charge in [0, 0.05) is 0 Å². The second kappa shape index (κ2) is 6.91. The van der Waals surface area contributed by atoms with Crippen molar-refractivity contribution in [3.63, 3.8) is 0 Å². The van der Waals surface area contributed by atoms with Gasteiger partial charge in [0.2, 0.25) is 10.0 Å². The summed E-state index contributed by atoms with van der Waals surface area (Å²) in [5.74, 6) is 0.737. The van der Waals surface area contributed by atoms with Crippen molar-refractivity contribution in [3.05, 3.63) is 23.3 Å². The molecule has 2 N–H and O–H groups in total. The van der Waals surface area contributed by atoms with Crippen LogP contribution in [0.15, 0.2) is 17.0 Å². The Morgan fingerprint density at radius 1 is 1.11 bits per heavy atom. The fourth-order valence-corrected chi connectivity index (χ4v) is 2.78. The second-order valence-electron chi connectivity index (χ2n) is 4.84. The van der Waals surface area contributed by atoms with E-state index in [9.17, 15) is 8.42 Å². The van der Waals surface area contributed by atoms with Crippen molar-refractivity contribution in [2.45, 2.75) is 51.3 Å². The van der Waals surface area contributed by atoms with Crippen LogP contribution in [0.1, 0.15) is 43.7 Å². The third kappa shape index (κ3) is 4.84. The summed E-state index contributed by atoms with van der Waals surface area (Å²) in [5, 5.41) is 5.16. The Bertz CT molecular complexity index is 524. The van der Waals surface area contributed by atoms with E-state index in [4.69, 9.17) is 9.88 Å². The zero-order chi connectivity index (χ0) is 14.5. The highest BCUT2D eigenvalue weighted by atomic mass is 32.2. The van der Waals surface area contributed by atoms with Gasteiger partial charge >= 0.3 is 0 Å². The number of rotatable bonds is 7. The van der Waals surface area contributed by atoms with Gasteiger partial charge in [-0.25, -0.2) is 13.6 Å². The fraction of sp³-hybridized carbons (Fsp3) is 0.571. The molecule has 0 aromatic heterocycles. The van der Waals surface area contributed by atoms with E-state index >= 15 is 0 Å². The van der Waals surface area contributed by atoms with E-state index in [0.29, 0.717) is 12.2 Å². The van der Waals surface area contributed by atoms with Crippen LogP contribution < -0.4 is 9.88 Å². The Kier molecular flexibility index (Phi) is 5.82. The Morgan fingerprint density at radius 3 is 2.37 bits per heavy atom. The number of nitrogens with two attached hydrogens (primary N) is 1. The molecule has 0 amide bonds. The van der Waals surface area contributed by atoms with Gasteiger partial charge in [0.05, 0.1) is 11.5 Å². The molecule has 1 aromatic rings. The van der Waals surface area contributed by atoms with Crippen LogP contribution in [0.5, 0.6) is 5.75 Å². The Labute approximate surface area is 116 Å². The van der Waals surface area contributed by atoms with Gasteiger partial charge in [0.15, 0.2) is 0 Å². The number of sulfonamides is 1. The summed E-state index contributed by atoms with van der Waals surface area (Å²) in [4.78, 5) is 0.170. The van der Waals surface area contributed by atoms with Crippen LogP contribution >= 0.6 is 0 Å². The van der Waals surface area contributed by atoms with Crippen LogP contribution in [0.25, 0.3) is 0 Å². The highest BCUT2D eigenvalue weighted by molar-refractivity contribution is 7.89. The molecule has 0 heterocycles. The molecule has 0 unspecified atom stereocenters. The summed E-state index contributed by atoms with van der Waals surface area (Å²) in [6.45, 7) is 6.38. The van der Waals surface area contributed by atoms with Gasteiger partial charge in [-0.3, -0.25) is 0 Å². The predicted octanol–water partition coefficient (Wildman–Crippen LogP) is 2.91. The van der Waals surface area contributed by atoms with E-state index in [1.54, 1.807) is 19.1 Å². The maximum absolute atomic E-state index is 11.4. The van der Waals surface area contributed by atoms with Crippen molar-refractivity contribution >= 4 is 10.0 Å². The van der Waals surface area contributed by atoms with E-state index in [1.807, 2.05) is 6.92 Å². The minimum absolute atomic E-state index is 0.170. The van der Waals surface area contributed by atoms with E-state index in [-0.39, 0.29) is 4.90 Å². The first-order chi connectivity index (χ1) is 8.86. The van der Waals surface area contributed by atoms with E-state index in [2.05, 4.69) is 6.92 Å². The standard InChI is InChI=1S/C14H23NO3S/c1-4-5-6-7-8-18-13-9-12(3)14(10-11(13)2)19(15,16)17/h9-10H,4-8H2,1-3H3,(H2,15,16,17). The summed E-state index contributed by atoms with van der Waals surface area (Å²) in [6.07, 6.45) is 4.58. The summed E-state index contributed by atoms with van der Waals surface area (Å²) >= 11 is 0. The van der Waals surface area contributed by atoms with Crippen molar-refractivity contribution in [3.8, 4) is 5.75 Å². The molecule has 4 nitrogen and oxygen atoms in total. The van der Waals surface area contributed by atoms with Gasteiger partial charge in [-0.15, -0.1) is 0 Å². The molecule has 0 saturated carbocycles. The Morgan fingerprint density at radius 2 is 1.79 bits per heavy atom. The maximum atomic E-state index is 11.4. The molecule has 0 aliphatic rings. The van der Waals surface area contributed by atoms with Crippen molar-refractivity contribution in [2.75, 3.05) is 6.61 Å². The van der Waals surface area contributed by atoms with Gasteiger partial charge in [-0.2, -0.15) is 0 Å². The van der Waals surface area contributed by atoms with Gasteiger partial charge in [0.1, 0.15) is 5.75 Å². The Balaban J connectivity index is 2.74. The van der Waals surface area contributed by atoms with E-state index in [1.165, 1.54) is 12.8 Å². The van der Waals surface area contributed by atoms with Crippen molar-refractivity contribution in [1.29, 1.82) is 0 Å². The molecule has 0 saturated heterocycles. The number of primary sulfonamides is 1. The lowest BCUT2D eigenvalue weighted by atomic mass is 10.1. The van der Waals surface area contributed by atoms with E-state index in [0.717, 1.165) is 24.2 Å². The Hall–Kier alpha value is -1.07. The lowest BCUT2D eigenvalue weighted by Crippen LogP contribution is -2.14. The molecule has 1 rings (SSSR count). The smallest absolute Gasteiger partial charge is 0.238 e. The normalized spacial score (nSPS) is 11.6. The first kappa shape index (κ1) is 16.0. The monoisotopic (exact) mass is 285 g/mol. The molecule has 108 valence electrons. The zero-order valence-corrected chi connectivity index (χ0v) is 12.7. The van der Waals surface area contributed by atoms with E-state index < -0.39 is 10.0 Å². The number of ether oxygens (including phenoxy) is 1. The van der Waals surface area contributed by atoms with Crippen molar-refractivity contribution in [2.24, 2.45) is 5.14 Å². The SMILES string of the molecule is CCCCCCOc1cc(C)c(S(N)(=O)=O)cc1C. The van der Waals surface area contributed by atoms with Crippen molar-refractivity contribution < 1.29 is 13.2 Å². The fourth-order valence-electron chi connectivity index (χ4n) is 1.94. The highest BCUT2D eigenvalue weighted by Gasteiger charge is 2.14. The summed E-state index contributed by atoms with van der Waals surface area (Å²) < 4.78 is 28.5. The van der Waals surface area contributed by atoms with Gasteiger partial charge in [-0.1, -0.05) is 26.2 Å². The van der Waals surface area contributed by atoms with Crippen LogP contribution in [0.3, 0.4) is 0 Å². The summed E-state index contributed by atoms with van der Waals surface area (Å²) in [7, 11) is -3.66. The van der Waals surface area contributed by atoms with Crippen LogP contribution in [0.4, 0.5) is 0 Å². The predicted molar refractivity (Wildman–Crippen MR) is 76.9 cm³/mol. The van der Waals surface area contributed by atoms with Gasteiger partial charge in [-0.05, 0) is 43.5 Å². The van der Waals surface area contributed by atoms with Crippen LogP contribution in [-0.4, -0.2) is 15.0 Å². The minimum atomic E-state index is -3.66. The second-order valence-corrected chi connectivity index (χ2v) is 6.37. The molecule has 0 radical (unpaired) electrons. The molecule has 0 aliphatic carbocycles. The molecular formula is C14H23NO3S. The number of aryl methyl sites for hydroxylation is 2. The number of unbranched alkanes of at least 4 members (excludes halogenated alkanes) is 3.